The van der Waals surface area contributed by atoms with Crippen molar-refractivity contribution in [2.24, 2.45) is 22.7 Å². The summed E-state index contributed by atoms with van der Waals surface area (Å²) in [6.07, 6.45) is 5.68. The van der Waals surface area contributed by atoms with Gasteiger partial charge in [-0.25, -0.2) is 0 Å². The summed E-state index contributed by atoms with van der Waals surface area (Å²) in [6.45, 7) is 11.1. The highest BCUT2D eigenvalue weighted by molar-refractivity contribution is 6.24. The zero-order chi connectivity index (χ0) is 35.0. The molecule has 0 saturated heterocycles. The third kappa shape index (κ3) is 5.50. The fourth-order valence-electron chi connectivity index (χ4n) is 7.05. The molecule has 2 aromatic heterocycles. The fourth-order valence-corrected chi connectivity index (χ4v) is 7.05. The number of ether oxygens (including phenoxy) is 2. The first kappa shape index (κ1) is 34.0. The number of amides is 1. The maximum absolute atomic E-state index is 14.1. The maximum atomic E-state index is 14.1. The first-order valence-corrected chi connectivity index (χ1v) is 15.7. The van der Waals surface area contributed by atoms with Crippen LogP contribution in [0.15, 0.2) is 46.3 Å². The number of nitrogens with zero attached hydrogens (tertiary/aromatic N) is 1. The normalized spacial score (nSPS) is 22.6. The van der Waals surface area contributed by atoms with Crippen LogP contribution in [0.1, 0.15) is 93.0 Å². The molecule has 48 heavy (non-hydrogen) atoms. The number of aliphatic imine (C=N–C) groups is 1. The zero-order valence-corrected chi connectivity index (χ0v) is 27.8. The first-order valence-electron chi connectivity index (χ1n) is 15.7. The summed E-state index contributed by atoms with van der Waals surface area (Å²) >= 11 is 0. The van der Waals surface area contributed by atoms with E-state index in [-0.39, 0.29) is 30.4 Å². The molecule has 0 spiro atoms. The lowest BCUT2D eigenvalue weighted by molar-refractivity contribution is -0.142. The summed E-state index contributed by atoms with van der Waals surface area (Å²) in [7, 11) is 2.53. The van der Waals surface area contributed by atoms with E-state index in [0.29, 0.717) is 98.6 Å². The Morgan fingerprint density at radius 1 is 1.04 bits per heavy atom. The average molecular weight is 655 g/mol. The quantitative estimate of drug-likeness (QED) is 0.182. The number of fused-ring (bicyclic) bond motifs is 1. The lowest BCUT2D eigenvalue weighted by Gasteiger charge is -2.20. The van der Waals surface area contributed by atoms with E-state index >= 15 is 0 Å². The van der Waals surface area contributed by atoms with Crippen molar-refractivity contribution in [1.29, 1.82) is 0 Å². The molecule has 5 rings (SSSR count). The number of aromatic nitrogens is 2. The number of H-pyrrole nitrogens is 2. The summed E-state index contributed by atoms with van der Waals surface area (Å²) in [6, 6.07) is 0. The summed E-state index contributed by atoms with van der Waals surface area (Å²) < 4.78 is 10.0. The molecule has 12 heteroatoms. The molecule has 2 aromatic rings. The molecule has 0 radical (unpaired) electrons. The van der Waals surface area contributed by atoms with Gasteiger partial charge in [0.1, 0.15) is 5.92 Å². The Labute approximate surface area is 277 Å². The van der Waals surface area contributed by atoms with E-state index in [1.54, 1.807) is 19.9 Å². The second-order valence-corrected chi connectivity index (χ2v) is 12.1. The molecule has 3 atom stereocenters. The van der Waals surface area contributed by atoms with Gasteiger partial charge in [0, 0.05) is 69.7 Å². The van der Waals surface area contributed by atoms with Gasteiger partial charge in [-0.2, -0.15) is 0 Å². The minimum absolute atomic E-state index is 0.0708. The number of Topliss-reactive ketones (excluding diaryl/α,β-unsaturated/α-hetero) is 1. The monoisotopic (exact) mass is 654 g/mol. The van der Waals surface area contributed by atoms with Gasteiger partial charge in [0.15, 0.2) is 18.4 Å². The van der Waals surface area contributed by atoms with Gasteiger partial charge in [0.05, 0.1) is 31.3 Å². The van der Waals surface area contributed by atoms with Gasteiger partial charge in [-0.3, -0.25) is 33.8 Å². The van der Waals surface area contributed by atoms with E-state index in [1.165, 1.54) is 20.3 Å². The van der Waals surface area contributed by atoms with Crippen LogP contribution < -0.4 is 5.32 Å². The molecule has 0 saturated carbocycles. The molecule has 3 aliphatic rings. The lowest BCUT2D eigenvalue weighted by atomic mass is 9.83. The Bertz CT molecular complexity index is 1910. The smallest absolute Gasteiger partial charge is 0.321 e. The van der Waals surface area contributed by atoms with Gasteiger partial charge in [0.2, 0.25) is 0 Å². The van der Waals surface area contributed by atoms with Crippen molar-refractivity contribution in [2.45, 2.75) is 53.4 Å². The van der Waals surface area contributed by atoms with E-state index < -0.39 is 29.6 Å². The highest BCUT2D eigenvalue weighted by Crippen LogP contribution is 2.48. The van der Waals surface area contributed by atoms with Crippen LogP contribution in [0.4, 0.5) is 0 Å². The van der Waals surface area contributed by atoms with Gasteiger partial charge in [0.25, 0.3) is 5.91 Å². The molecular weight excluding hydrogens is 616 g/mol. The predicted molar refractivity (Wildman–Crippen MR) is 176 cm³/mol. The van der Waals surface area contributed by atoms with Crippen molar-refractivity contribution in [3.63, 3.8) is 0 Å². The summed E-state index contributed by atoms with van der Waals surface area (Å²) in [4.78, 5) is 87.1. The first-order chi connectivity index (χ1) is 22.9. The summed E-state index contributed by atoms with van der Waals surface area (Å²) in [5.74, 6) is -3.83. The second-order valence-electron chi connectivity index (χ2n) is 12.1. The Balaban J connectivity index is 1.71. The molecule has 1 aliphatic carbocycles. The van der Waals surface area contributed by atoms with Crippen LogP contribution in [0.5, 0.6) is 0 Å². The van der Waals surface area contributed by atoms with Crippen molar-refractivity contribution in [3.8, 4) is 0 Å². The van der Waals surface area contributed by atoms with Crippen LogP contribution in [0.25, 0.3) is 5.57 Å². The molecule has 250 valence electrons. The Morgan fingerprint density at radius 3 is 2.35 bits per heavy atom. The molecule has 1 amide bonds. The maximum Gasteiger partial charge on any atom is 0.321 e. The van der Waals surface area contributed by atoms with Crippen LogP contribution >= 0.6 is 0 Å². The van der Waals surface area contributed by atoms with E-state index in [1.807, 2.05) is 13.8 Å². The van der Waals surface area contributed by atoms with Crippen LogP contribution in [0, 0.1) is 24.7 Å². The minimum atomic E-state index is -1.29. The summed E-state index contributed by atoms with van der Waals surface area (Å²) in [5, 5.41) is 2.85. The number of hydrogen-bond donors (Lipinski definition) is 3. The molecule has 4 heterocycles. The summed E-state index contributed by atoms with van der Waals surface area (Å²) in [5.41, 5.74) is 7.05. The second kappa shape index (κ2) is 13.4. The number of aldehydes is 2. The highest BCUT2D eigenvalue weighted by atomic mass is 16.5. The molecule has 0 unspecified atom stereocenters. The Morgan fingerprint density at radius 2 is 1.77 bits per heavy atom. The number of carbonyl (C=O) groups is 6. The largest absolute Gasteiger partial charge is 0.469 e. The van der Waals surface area contributed by atoms with Crippen molar-refractivity contribution >= 4 is 47.5 Å². The molecule has 12 nitrogen and oxygen atoms in total. The van der Waals surface area contributed by atoms with Crippen molar-refractivity contribution < 1.29 is 38.2 Å². The van der Waals surface area contributed by atoms with Crippen LogP contribution in [-0.2, 0) is 36.7 Å². The number of methoxy groups -OCH3 is 2. The Kier molecular flexibility index (Phi) is 9.47. The van der Waals surface area contributed by atoms with Crippen molar-refractivity contribution in [1.82, 2.24) is 15.3 Å². The third-order valence-electron chi connectivity index (χ3n) is 9.70. The SMILES string of the molecule is C=CC1=C(C)/C(=C/C2=NC(=C3\c4[nH]c(Cc5[nH]c(C=O)c(C=O)c5CC)c(C)c4C(=O)[C@@H]3C(=O)OC)/[C@@H](CCC(=O)OC)[C@@H]2C)NC1=O. The molecule has 0 fully saturated rings. The van der Waals surface area contributed by atoms with Crippen LogP contribution in [0.3, 0.4) is 0 Å². The van der Waals surface area contributed by atoms with Crippen molar-refractivity contribution in [3.05, 3.63) is 86.3 Å². The van der Waals surface area contributed by atoms with Crippen molar-refractivity contribution in [2.75, 3.05) is 14.2 Å². The number of esters is 2. The molecule has 0 bridgehead atoms. The van der Waals surface area contributed by atoms with Gasteiger partial charge in [-0.1, -0.05) is 26.5 Å². The number of aromatic amines is 2. The fraction of sp³-hybridized carbons (Fsp3) is 0.361. The molecular formula is C36H38N4O8. The van der Waals surface area contributed by atoms with Gasteiger partial charge >= 0.3 is 11.9 Å². The molecule has 3 N–H and O–H groups in total. The topological polar surface area (TPSA) is 177 Å². The average Bonchev–Trinajstić information content (AvgIpc) is 3.83. The Hall–Kier alpha value is -5.39. The molecule has 0 aromatic carbocycles. The molecule has 2 aliphatic heterocycles. The van der Waals surface area contributed by atoms with E-state index in [2.05, 4.69) is 21.9 Å². The van der Waals surface area contributed by atoms with E-state index in [4.69, 9.17) is 14.5 Å². The number of rotatable bonds is 11. The van der Waals surface area contributed by atoms with Crippen LogP contribution in [0.2, 0.25) is 0 Å². The number of ketones is 1. The predicted octanol–water partition coefficient (Wildman–Crippen LogP) is 4.30. The lowest BCUT2D eigenvalue weighted by Crippen LogP contribution is -2.24. The van der Waals surface area contributed by atoms with E-state index in [9.17, 15) is 28.8 Å². The van der Waals surface area contributed by atoms with Gasteiger partial charge in [-0.05, 0) is 49.5 Å². The minimum Gasteiger partial charge on any atom is -0.469 e. The van der Waals surface area contributed by atoms with E-state index in [0.717, 1.165) is 0 Å². The standard InChI is InChI=1S/C36H38N4O8/c1-8-19-16(3)24(40-35(19)45)12-23-17(4)21(10-11-28(43)47-6)32(38-23)30-31(36(46)48-7)34(44)29-18(5)25(39-33(29)30)13-26-20(9-2)22(14-41)27(15-42)37-26/h8,12,14-15,17,21,31,37,39H,1,9-11,13H2,2-7H3,(H,40,45)/b24-12-,32-30-/t17-,21-,31+/m0/s1. The zero-order valence-electron chi connectivity index (χ0n) is 27.8. The van der Waals surface area contributed by atoms with Crippen LogP contribution in [-0.4, -0.2) is 66.1 Å². The number of allylic oxidation sites excluding steroid dienone is 3. The third-order valence-corrected chi connectivity index (χ3v) is 9.70. The number of nitrogens with one attached hydrogen (secondary N) is 3. The number of hydrogen-bond acceptors (Lipinski definition) is 9. The van der Waals surface area contributed by atoms with Gasteiger partial charge in [-0.15, -0.1) is 0 Å². The highest BCUT2D eigenvalue weighted by Gasteiger charge is 2.48. The van der Waals surface area contributed by atoms with Gasteiger partial charge < -0.3 is 24.8 Å². The number of carbonyl (C=O) groups excluding carboxylic acids is 6.